The van der Waals surface area contributed by atoms with Crippen LogP contribution >= 0.6 is 0 Å². The third kappa shape index (κ3) is 3.01. The van der Waals surface area contributed by atoms with Crippen molar-refractivity contribution in [2.75, 3.05) is 6.54 Å². The molecule has 0 saturated carbocycles. The topological polar surface area (TPSA) is 92.2 Å². The monoisotopic (exact) mass is 223 g/mol. The highest BCUT2D eigenvalue weighted by Gasteiger charge is 2.18. The molecule has 0 unspecified atom stereocenters. The van der Waals surface area contributed by atoms with Gasteiger partial charge in [-0.05, 0) is 6.42 Å². The summed E-state index contributed by atoms with van der Waals surface area (Å²) in [4.78, 5) is 29.7. The van der Waals surface area contributed by atoms with Crippen LogP contribution in [0, 0.1) is 0 Å². The van der Waals surface area contributed by atoms with Crippen LogP contribution in [0.5, 0.6) is 0 Å². The van der Waals surface area contributed by atoms with Gasteiger partial charge in [0.25, 0.3) is 5.91 Å². The summed E-state index contributed by atoms with van der Waals surface area (Å²) in [5.41, 5.74) is -0.470. The first-order valence-corrected chi connectivity index (χ1v) is 4.99. The number of unbranched alkanes of at least 4 members (excludes halogenated alkanes) is 1. The third-order valence-electron chi connectivity index (χ3n) is 1.93. The van der Waals surface area contributed by atoms with Crippen molar-refractivity contribution in [3.8, 4) is 0 Å². The number of carboxylic acid groups (broad SMARTS) is 1. The summed E-state index contributed by atoms with van der Waals surface area (Å²) in [6.45, 7) is 2.50. The summed E-state index contributed by atoms with van der Waals surface area (Å²) in [7, 11) is 0. The summed E-state index contributed by atoms with van der Waals surface area (Å²) in [5, 5.41) is 11.4. The number of carboxylic acids is 1. The fourth-order valence-electron chi connectivity index (χ4n) is 1.12. The minimum Gasteiger partial charge on any atom is -0.476 e. The molecule has 1 rings (SSSR count). The molecule has 0 aromatic carbocycles. The molecule has 0 aliphatic heterocycles. The van der Waals surface area contributed by atoms with E-state index in [1.54, 1.807) is 0 Å². The fraction of sp³-hybridized carbons (Fsp3) is 0.400. The van der Waals surface area contributed by atoms with Crippen molar-refractivity contribution in [3.05, 3.63) is 23.8 Å². The highest BCUT2D eigenvalue weighted by molar-refractivity contribution is 6.01. The highest BCUT2D eigenvalue weighted by Crippen LogP contribution is 2.01. The Morgan fingerprint density at radius 2 is 1.94 bits per heavy atom. The maximum absolute atomic E-state index is 11.6. The lowest BCUT2D eigenvalue weighted by Crippen LogP contribution is -2.27. The zero-order valence-electron chi connectivity index (χ0n) is 8.93. The van der Waals surface area contributed by atoms with Gasteiger partial charge in [-0.25, -0.2) is 14.8 Å². The molecule has 86 valence electrons. The van der Waals surface area contributed by atoms with Crippen LogP contribution < -0.4 is 5.32 Å². The molecule has 0 spiro atoms. The van der Waals surface area contributed by atoms with Crippen molar-refractivity contribution in [2.24, 2.45) is 0 Å². The molecule has 1 aromatic rings. The molecule has 0 bridgehead atoms. The second kappa shape index (κ2) is 5.79. The average molecular weight is 223 g/mol. The van der Waals surface area contributed by atoms with Crippen LogP contribution in [0.1, 0.15) is 40.7 Å². The second-order valence-electron chi connectivity index (χ2n) is 3.17. The van der Waals surface area contributed by atoms with Crippen molar-refractivity contribution < 1.29 is 14.7 Å². The van der Waals surface area contributed by atoms with E-state index in [4.69, 9.17) is 5.11 Å². The van der Waals surface area contributed by atoms with Gasteiger partial charge in [0, 0.05) is 18.9 Å². The molecule has 0 atom stereocenters. The molecular weight excluding hydrogens is 210 g/mol. The first-order valence-electron chi connectivity index (χ1n) is 4.99. The van der Waals surface area contributed by atoms with E-state index in [1.165, 1.54) is 12.4 Å². The molecular formula is C10H13N3O3. The van der Waals surface area contributed by atoms with E-state index in [0.717, 1.165) is 12.8 Å². The summed E-state index contributed by atoms with van der Waals surface area (Å²) in [6.07, 6.45) is 4.33. The Balaban J connectivity index is 2.78. The molecule has 0 radical (unpaired) electrons. The van der Waals surface area contributed by atoms with Crippen LogP contribution in [0.25, 0.3) is 0 Å². The minimum atomic E-state index is -1.26. The van der Waals surface area contributed by atoms with Crippen molar-refractivity contribution >= 4 is 11.9 Å². The van der Waals surface area contributed by atoms with Gasteiger partial charge >= 0.3 is 5.97 Å². The molecule has 1 heterocycles. The van der Waals surface area contributed by atoms with Gasteiger partial charge in [0.2, 0.25) is 0 Å². The maximum atomic E-state index is 11.6. The molecule has 0 aliphatic rings. The van der Waals surface area contributed by atoms with Gasteiger partial charge in [-0.15, -0.1) is 0 Å². The van der Waals surface area contributed by atoms with Crippen LogP contribution in [-0.4, -0.2) is 33.5 Å². The van der Waals surface area contributed by atoms with Crippen LogP contribution in [0.15, 0.2) is 12.4 Å². The number of amides is 1. The SMILES string of the molecule is CCCCNC(=O)c1nccnc1C(=O)O. The summed E-state index contributed by atoms with van der Waals surface area (Å²) in [5.74, 6) is -1.76. The van der Waals surface area contributed by atoms with E-state index in [-0.39, 0.29) is 11.4 Å². The van der Waals surface area contributed by atoms with Crippen molar-refractivity contribution in [1.29, 1.82) is 0 Å². The fourth-order valence-corrected chi connectivity index (χ4v) is 1.12. The molecule has 0 fully saturated rings. The lowest BCUT2D eigenvalue weighted by atomic mass is 10.2. The number of aromatic carboxylic acids is 1. The first-order chi connectivity index (χ1) is 7.66. The van der Waals surface area contributed by atoms with Gasteiger partial charge in [0.1, 0.15) is 0 Å². The molecule has 1 amide bonds. The van der Waals surface area contributed by atoms with E-state index in [0.29, 0.717) is 6.54 Å². The van der Waals surface area contributed by atoms with E-state index in [9.17, 15) is 9.59 Å². The van der Waals surface area contributed by atoms with Gasteiger partial charge in [0.15, 0.2) is 11.4 Å². The Labute approximate surface area is 92.7 Å². The van der Waals surface area contributed by atoms with Gasteiger partial charge in [-0.3, -0.25) is 4.79 Å². The Bertz CT molecular complexity index is 393. The Kier molecular flexibility index (Phi) is 4.38. The van der Waals surface area contributed by atoms with Gasteiger partial charge < -0.3 is 10.4 Å². The zero-order chi connectivity index (χ0) is 12.0. The summed E-state index contributed by atoms with van der Waals surface area (Å²) >= 11 is 0. The molecule has 0 aliphatic carbocycles. The predicted octanol–water partition coefficient (Wildman–Crippen LogP) is 0.705. The third-order valence-corrected chi connectivity index (χ3v) is 1.93. The molecule has 2 N–H and O–H groups in total. The molecule has 6 heteroatoms. The number of aromatic nitrogens is 2. The predicted molar refractivity (Wildman–Crippen MR) is 56.2 cm³/mol. The number of rotatable bonds is 5. The smallest absolute Gasteiger partial charge is 0.356 e. The van der Waals surface area contributed by atoms with Gasteiger partial charge in [0.05, 0.1) is 0 Å². The maximum Gasteiger partial charge on any atom is 0.356 e. The largest absolute Gasteiger partial charge is 0.476 e. The molecule has 6 nitrogen and oxygen atoms in total. The van der Waals surface area contributed by atoms with E-state index >= 15 is 0 Å². The molecule has 1 aromatic heterocycles. The quantitative estimate of drug-likeness (QED) is 0.717. The highest BCUT2D eigenvalue weighted by atomic mass is 16.4. The van der Waals surface area contributed by atoms with E-state index in [2.05, 4.69) is 15.3 Å². The Morgan fingerprint density at radius 3 is 2.50 bits per heavy atom. The standard InChI is InChI=1S/C10H13N3O3/c1-2-3-4-13-9(14)7-8(10(15)16)12-6-5-11-7/h5-6H,2-4H2,1H3,(H,13,14)(H,15,16). The van der Waals surface area contributed by atoms with Crippen LogP contribution in [0.4, 0.5) is 0 Å². The Morgan fingerprint density at radius 1 is 1.31 bits per heavy atom. The number of carbonyl (C=O) groups excluding carboxylic acids is 1. The first kappa shape index (κ1) is 12.1. The summed E-state index contributed by atoms with van der Waals surface area (Å²) < 4.78 is 0. The van der Waals surface area contributed by atoms with Crippen molar-refractivity contribution in [1.82, 2.24) is 15.3 Å². The van der Waals surface area contributed by atoms with Crippen LogP contribution in [0.2, 0.25) is 0 Å². The normalized spacial score (nSPS) is 9.81. The second-order valence-corrected chi connectivity index (χ2v) is 3.17. The number of hydrogen-bond donors (Lipinski definition) is 2. The number of carbonyl (C=O) groups is 2. The molecule has 0 saturated heterocycles. The summed E-state index contributed by atoms with van der Waals surface area (Å²) in [6, 6.07) is 0. The number of hydrogen-bond acceptors (Lipinski definition) is 4. The van der Waals surface area contributed by atoms with E-state index in [1.807, 2.05) is 6.92 Å². The van der Waals surface area contributed by atoms with Crippen LogP contribution in [0.3, 0.4) is 0 Å². The van der Waals surface area contributed by atoms with Crippen molar-refractivity contribution in [3.63, 3.8) is 0 Å². The van der Waals surface area contributed by atoms with Crippen molar-refractivity contribution in [2.45, 2.75) is 19.8 Å². The number of nitrogens with zero attached hydrogens (tertiary/aromatic N) is 2. The lowest BCUT2D eigenvalue weighted by Gasteiger charge is -2.04. The average Bonchev–Trinajstić information content (AvgIpc) is 2.29. The van der Waals surface area contributed by atoms with Crippen LogP contribution in [-0.2, 0) is 0 Å². The van der Waals surface area contributed by atoms with E-state index < -0.39 is 11.9 Å². The minimum absolute atomic E-state index is 0.147. The zero-order valence-corrected chi connectivity index (χ0v) is 8.93. The number of nitrogens with one attached hydrogen (secondary N) is 1. The molecule has 16 heavy (non-hydrogen) atoms. The van der Waals surface area contributed by atoms with Gasteiger partial charge in [-0.2, -0.15) is 0 Å². The van der Waals surface area contributed by atoms with Gasteiger partial charge in [-0.1, -0.05) is 13.3 Å². The Hall–Kier alpha value is -1.98. The lowest BCUT2D eigenvalue weighted by molar-refractivity contribution is 0.0683.